The summed E-state index contributed by atoms with van der Waals surface area (Å²) < 4.78 is 10.4. The highest BCUT2D eigenvalue weighted by atomic mass is 32.2. The number of nitrogens with zero attached hydrogens (tertiary/aromatic N) is 2. The zero-order valence-corrected chi connectivity index (χ0v) is 17.3. The van der Waals surface area contributed by atoms with Crippen LogP contribution in [0.4, 0.5) is 5.69 Å². The number of rotatable bonds is 5. The molecule has 1 saturated heterocycles. The van der Waals surface area contributed by atoms with E-state index < -0.39 is 5.97 Å². The summed E-state index contributed by atoms with van der Waals surface area (Å²) in [5.41, 5.74) is 1.91. The van der Waals surface area contributed by atoms with Gasteiger partial charge in [0.05, 0.1) is 24.7 Å². The molecule has 2 aliphatic heterocycles. The number of carbonyl (C=O) groups excluding carboxylic acids is 2. The maximum Gasteiger partial charge on any atom is 0.344 e. The van der Waals surface area contributed by atoms with Gasteiger partial charge >= 0.3 is 5.97 Å². The van der Waals surface area contributed by atoms with Gasteiger partial charge in [0.1, 0.15) is 16.4 Å². The number of benzene rings is 1. The molecule has 2 aliphatic rings. The lowest BCUT2D eigenvalue weighted by Crippen LogP contribution is -2.36. The summed E-state index contributed by atoms with van der Waals surface area (Å²) in [4.78, 5) is 30.7. The number of aliphatic imine (C=N–C) groups is 1. The van der Waals surface area contributed by atoms with Crippen molar-refractivity contribution in [3.8, 4) is 0 Å². The predicted octanol–water partition coefficient (Wildman–Crippen LogP) is 3.32. The number of hydrogen-bond donors (Lipinski definition) is 1. The molecule has 1 aromatic rings. The van der Waals surface area contributed by atoms with E-state index in [1.54, 1.807) is 19.9 Å². The van der Waals surface area contributed by atoms with Crippen molar-refractivity contribution in [2.45, 2.75) is 20.3 Å². The molecule has 1 N–H and O–H groups in total. The minimum absolute atomic E-state index is 0.0603. The molecule has 0 radical (unpaired) electrons. The number of hydrogen-bond acceptors (Lipinski definition) is 7. The zero-order chi connectivity index (χ0) is 20.8. The average Bonchev–Trinajstić information content (AvgIpc) is 3.04. The van der Waals surface area contributed by atoms with Gasteiger partial charge in [-0.15, -0.1) is 0 Å². The second-order valence-corrected chi connectivity index (χ2v) is 7.44. The number of ether oxygens (including phenoxy) is 2. The number of carbonyl (C=O) groups is 2. The van der Waals surface area contributed by atoms with Crippen LogP contribution in [0.3, 0.4) is 0 Å². The van der Waals surface area contributed by atoms with Gasteiger partial charge < -0.3 is 19.5 Å². The standard InChI is InChI=1S/C21H24N2O5S/c1-3-17(24)22-20-18(21(26)28-4-2)19(25)16(29-20)13-14-5-7-15(8-6-14)23-9-11-27-12-10-23/h5-8,13,25H,3-4,9-12H2,1-2H3/b16-13-,22-20?. The van der Waals surface area contributed by atoms with Gasteiger partial charge in [-0.25, -0.2) is 9.79 Å². The van der Waals surface area contributed by atoms with Crippen molar-refractivity contribution in [3.05, 3.63) is 46.1 Å². The Morgan fingerprint density at radius 3 is 2.55 bits per heavy atom. The molecule has 154 valence electrons. The third-order valence-electron chi connectivity index (χ3n) is 4.47. The number of esters is 1. The lowest BCUT2D eigenvalue weighted by Gasteiger charge is -2.28. The van der Waals surface area contributed by atoms with E-state index >= 15 is 0 Å². The second-order valence-electron chi connectivity index (χ2n) is 6.41. The Morgan fingerprint density at radius 2 is 1.93 bits per heavy atom. The van der Waals surface area contributed by atoms with Gasteiger partial charge in [-0.05, 0) is 30.7 Å². The summed E-state index contributed by atoms with van der Waals surface area (Å²) in [5.74, 6) is -1.27. The SMILES string of the molecule is CCOC(=O)C1=C(O)/C(=C/c2ccc(N3CCOCC3)cc2)SC1=NC(=O)CC. The highest BCUT2D eigenvalue weighted by Crippen LogP contribution is 2.39. The predicted molar refractivity (Wildman–Crippen MR) is 114 cm³/mol. The normalized spacial score (nSPS) is 19.9. The van der Waals surface area contributed by atoms with Crippen molar-refractivity contribution in [1.82, 2.24) is 0 Å². The molecule has 0 aliphatic carbocycles. The molecule has 3 rings (SSSR count). The molecule has 0 unspecified atom stereocenters. The van der Waals surface area contributed by atoms with E-state index in [-0.39, 0.29) is 35.3 Å². The molecular weight excluding hydrogens is 392 g/mol. The number of aliphatic hydroxyl groups is 1. The summed E-state index contributed by atoms with van der Waals surface area (Å²) >= 11 is 1.09. The third kappa shape index (κ3) is 5.07. The van der Waals surface area contributed by atoms with Crippen LogP contribution in [0.5, 0.6) is 0 Å². The lowest BCUT2D eigenvalue weighted by atomic mass is 10.1. The van der Waals surface area contributed by atoms with Gasteiger partial charge in [0, 0.05) is 25.2 Å². The minimum Gasteiger partial charge on any atom is -0.506 e. The van der Waals surface area contributed by atoms with E-state index in [0.717, 1.165) is 49.3 Å². The highest BCUT2D eigenvalue weighted by Gasteiger charge is 2.33. The first-order valence-corrected chi connectivity index (χ1v) is 10.4. The molecule has 0 bridgehead atoms. The molecular formula is C21H24N2O5S. The molecule has 0 aromatic heterocycles. The third-order valence-corrected chi connectivity index (χ3v) is 5.49. The van der Waals surface area contributed by atoms with Crippen LogP contribution in [0.25, 0.3) is 6.08 Å². The molecule has 2 heterocycles. The Kier molecular flexibility index (Phi) is 7.11. The van der Waals surface area contributed by atoms with Crippen molar-refractivity contribution >= 4 is 40.4 Å². The first kappa shape index (κ1) is 21.1. The Morgan fingerprint density at radius 1 is 1.24 bits per heavy atom. The summed E-state index contributed by atoms with van der Waals surface area (Å²) in [6.45, 7) is 6.68. The maximum absolute atomic E-state index is 12.3. The van der Waals surface area contributed by atoms with E-state index in [1.165, 1.54) is 0 Å². The minimum atomic E-state index is -0.689. The fraction of sp³-hybridized carbons (Fsp3) is 0.381. The van der Waals surface area contributed by atoms with Gasteiger partial charge in [-0.3, -0.25) is 4.79 Å². The van der Waals surface area contributed by atoms with Crippen LogP contribution in [-0.4, -0.2) is 54.9 Å². The van der Waals surface area contributed by atoms with Crippen molar-refractivity contribution in [1.29, 1.82) is 0 Å². The Labute approximate surface area is 174 Å². The molecule has 0 saturated carbocycles. The first-order chi connectivity index (χ1) is 14.0. The van der Waals surface area contributed by atoms with Crippen LogP contribution in [0.1, 0.15) is 25.8 Å². The quantitative estimate of drug-likeness (QED) is 0.737. The molecule has 7 nitrogen and oxygen atoms in total. The van der Waals surface area contributed by atoms with Crippen LogP contribution in [-0.2, 0) is 19.1 Å². The van der Waals surface area contributed by atoms with Crippen LogP contribution in [0, 0.1) is 0 Å². The van der Waals surface area contributed by atoms with E-state index in [1.807, 2.05) is 24.3 Å². The average molecular weight is 416 g/mol. The van der Waals surface area contributed by atoms with E-state index in [2.05, 4.69) is 9.89 Å². The molecule has 1 fully saturated rings. The smallest absolute Gasteiger partial charge is 0.344 e. The monoisotopic (exact) mass is 416 g/mol. The zero-order valence-electron chi connectivity index (χ0n) is 16.5. The van der Waals surface area contributed by atoms with Crippen molar-refractivity contribution < 1.29 is 24.2 Å². The molecule has 8 heteroatoms. The van der Waals surface area contributed by atoms with Crippen LogP contribution < -0.4 is 4.90 Å². The molecule has 0 atom stereocenters. The first-order valence-electron chi connectivity index (χ1n) is 9.58. The van der Waals surface area contributed by atoms with Gasteiger partial charge in [-0.1, -0.05) is 30.8 Å². The summed E-state index contributed by atoms with van der Waals surface area (Å²) in [6, 6.07) is 7.92. The number of morpholine rings is 1. The van der Waals surface area contributed by atoms with Gasteiger partial charge in [0.2, 0.25) is 5.91 Å². The van der Waals surface area contributed by atoms with Crippen molar-refractivity contribution in [2.75, 3.05) is 37.8 Å². The summed E-state index contributed by atoms with van der Waals surface area (Å²) in [7, 11) is 0. The summed E-state index contributed by atoms with van der Waals surface area (Å²) in [5, 5.41) is 10.8. The van der Waals surface area contributed by atoms with Crippen LogP contribution >= 0.6 is 11.8 Å². The lowest BCUT2D eigenvalue weighted by molar-refractivity contribution is -0.138. The van der Waals surface area contributed by atoms with E-state index in [0.29, 0.717) is 4.91 Å². The Hall–Kier alpha value is -2.58. The molecule has 1 amide bonds. The van der Waals surface area contributed by atoms with Gasteiger partial charge in [-0.2, -0.15) is 0 Å². The van der Waals surface area contributed by atoms with Gasteiger partial charge in [0.15, 0.2) is 0 Å². The fourth-order valence-electron chi connectivity index (χ4n) is 2.94. The largest absolute Gasteiger partial charge is 0.506 e. The number of anilines is 1. The van der Waals surface area contributed by atoms with Gasteiger partial charge in [0.25, 0.3) is 0 Å². The van der Waals surface area contributed by atoms with Crippen LogP contribution in [0.15, 0.2) is 45.5 Å². The second kappa shape index (κ2) is 9.76. The van der Waals surface area contributed by atoms with E-state index in [9.17, 15) is 14.7 Å². The number of aliphatic hydroxyl groups excluding tert-OH is 1. The Bertz CT molecular complexity index is 868. The molecule has 1 aromatic carbocycles. The van der Waals surface area contributed by atoms with Crippen molar-refractivity contribution in [3.63, 3.8) is 0 Å². The number of thioether (sulfide) groups is 1. The Balaban J connectivity index is 1.87. The highest BCUT2D eigenvalue weighted by molar-refractivity contribution is 8.18. The topological polar surface area (TPSA) is 88.4 Å². The van der Waals surface area contributed by atoms with Crippen LogP contribution in [0.2, 0.25) is 0 Å². The maximum atomic E-state index is 12.3. The fourth-order valence-corrected chi connectivity index (χ4v) is 3.97. The molecule has 0 spiro atoms. The van der Waals surface area contributed by atoms with Crippen molar-refractivity contribution in [2.24, 2.45) is 4.99 Å². The number of amides is 1. The molecule has 29 heavy (non-hydrogen) atoms. The summed E-state index contributed by atoms with van der Waals surface area (Å²) in [6.07, 6.45) is 1.98. The van der Waals surface area contributed by atoms with E-state index in [4.69, 9.17) is 9.47 Å².